The molecule has 0 fully saturated rings. The highest BCUT2D eigenvalue weighted by atomic mass is 16.5. The lowest BCUT2D eigenvalue weighted by atomic mass is 9.86. The Kier molecular flexibility index (Phi) is 7.75. The highest BCUT2D eigenvalue weighted by Crippen LogP contribution is 2.22. The molecule has 6 heteroatoms. The van der Waals surface area contributed by atoms with E-state index in [1.807, 2.05) is 19.1 Å². The molecule has 1 atom stereocenters. The molecule has 6 nitrogen and oxygen atoms in total. The quantitative estimate of drug-likeness (QED) is 0.526. The van der Waals surface area contributed by atoms with Gasteiger partial charge >= 0.3 is 5.97 Å². The molecule has 2 aromatic carbocycles. The Morgan fingerprint density at radius 3 is 2.03 bits per heavy atom. The Hall–Kier alpha value is -3.15. The average Bonchev–Trinajstić information content (AvgIpc) is 2.71. The number of rotatable bonds is 8. The van der Waals surface area contributed by atoms with E-state index in [1.54, 1.807) is 36.4 Å². The van der Waals surface area contributed by atoms with E-state index in [0.29, 0.717) is 23.5 Å². The predicted octanol–water partition coefficient (Wildman–Crippen LogP) is 3.93. The van der Waals surface area contributed by atoms with Gasteiger partial charge in [0.15, 0.2) is 6.10 Å². The molecule has 30 heavy (non-hydrogen) atoms. The molecule has 1 N–H and O–H groups in total. The third-order valence-electron chi connectivity index (χ3n) is 4.53. The van der Waals surface area contributed by atoms with Crippen molar-refractivity contribution in [2.24, 2.45) is 0 Å². The van der Waals surface area contributed by atoms with Gasteiger partial charge < -0.3 is 14.8 Å². The molecule has 1 amide bonds. The van der Waals surface area contributed by atoms with Gasteiger partial charge in [-0.1, -0.05) is 45.0 Å². The molecule has 160 valence electrons. The standard InChI is InChI=1S/C24H29NO5/c1-6-29-20-13-9-18(10-14-20)23(28)25-15-21(26)30-16(2)22(27)17-7-11-19(12-8-17)24(3,4)5/h7-14,16H,6,15H2,1-5H3,(H,25,28)/t16-/m0/s1. The first-order chi connectivity index (χ1) is 14.1. The van der Waals surface area contributed by atoms with E-state index in [2.05, 4.69) is 26.1 Å². The SMILES string of the molecule is CCOc1ccc(C(=O)NCC(=O)O[C@@H](C)C(=O)c2ccc(C(C)(C)C)cc2)cc1. The Bertz CT molecular complexity index is 879. The van der Waals surface area contributed by atoms with Crippen LogP contribution in [0.15, 0.2) is 48.5 Å². The Balaban J connectivity index is 1.86. The van der Waals surface area contributed by atoms with Crippen molar-refractivity contribution in [1.82, 2.24) is 5.32 Å². The number of ether oxygens (including phenoxy) is 2. The van der Waals surface area contributed by atoms with Crippen LogP contribution in [0.3, 0.4) is 0 Å². The number of carbonyl (C=O) groups is 3. The second kappa shape index (κ2) is 10.1. The van der Waals surface area contributed by atoms with E-state index in [0.717, 1.165) is 5.56 Å². The Labute approximate surface area is 177 Å². The molecule has 0 radical (unpaired) electrons. The first kappa shape index (κ1) is 23.1. The minimum Gasteiger partial charge on any atom is -0.494 e. The maximum Gasteiger partial charge on any atom is 0.326 e. The highest BCUT2D eigenvalue weighted by molar-refractivity contribution is 6.00. The lowest BCUT2D eigenvalue weighted by Crippen LogP contribution is -2.34. The van der Waals surface area contributed by atoms with E-state index in [-0.39, 0.29) is 17.7 Å². The topological polar surface area (TPSA) is 81.7 Å². The molecule has 0 aliphatic carbocycles. The van der Waals surface area contributed by atoms with Crippen molar-refractivity contribution >= 4 is 17.7 Å². The lowest BCUT2D eigenvalue weighted by Gasteiger charge is -2.19. The van der Waals surface area contributed by atoms with Gasteiger partial charge in [-0.15, -0.1) is 0 Å². The largest absolute Gasteiger partial charge is 0.494 e. The van der Waals surface area contributed by atoms with Crippen molar-refractivity contribution in [2.45, 2.75) is 46.1 Å². The van der Waals surface area contributed by atoms with Crippen LogP contribution in [0.1, 0.15) is 60.9 Å². The van der Waals surface area contributed by atoms with Gasteiger partial charge in [0, 0.05) is 11.1 Å². The predicted molar refractivity (Wildman–Crippen MR) is 115 cm³/mol. The number of hydrogen-bond acceptors (Lipinski definition) is 5. The van der Waals surface area contributed by atoms with Crippen molar-refractivity contribution < 1.29 is 23.9 Å². The third-order valence-corrected chi connectivity index (χ3v) is 4.53. The van der Waals surface area contributed by atoms with Crippen molar-refractivity contribution in [3.63, 3.8) is 0 Å². The number of nitrogens with one attached hydrogen (secondary N) is 1. The first-order valence-electron chi connectivity index (χ1n) is 9.97. The first-order valence-corrected chi connectivity index (χ1v) is 9.97. The maximum atomic E-state index is 12.5. The van der Waals surface area contributed by atoms with E-state index in [9.17, 15) is 14.4 Å². The summed E-state index contributed by atoms with van der Waals surface area (Å²) in [7, 11) is 0. The summed E-state index contributed by atoms with van der Waals surface area (Å²) in [4.78, 5) is 36.7. The maximum absolute atomic E-state index is 12.5. The van der Waals surface area contributed by atoms with Crippen LogP contribution >= 0.6 is 0 Å². The van der Waals surface area contributed by atoms with Gasteiger partial charge in [-0.05, 0) is 49.1 Å². The number of Topliss-reactive ketones (excluding diaryl/α,β-unsaturated/α-hetero) is 1. The fourth-order valence-corrected chi connectivity index (χ4v) is 2.79. The zero-order chi connectivity index (χ0) is 22.3. The monoisotopic (exact) mass is 411 g/mol. The molecule has 2 aromatic rings. The summed E-state index contributed by atoms with van der Waals surface area (Å²) in [6, 6.07) is 13.9. The second-order valence-electron chi connectivity index (χ2n) is 7.96. The summed E-state index contributed by atoms with van der Waals surface area (Å²) in [5.41, 5.74) is 1.97. The average molecular weight is 411 g/mol. The number of ketones is 1. The smallest absolute Gasteiger partial charge is 0.326 e. The zero-order valence-corrected chi connectivity index (χ0v) is 18.2. The van der Waals surface area contributed by atoms with Gasteiger partial charge in [-0.2, -0.15) is 0 Å². The Morgan fingerprint density at radius 2 is 1.50 bits per heavy atom. The van der Waals surface area contributed by atoms with Gasteiger partial charge in [0.2, 0.25) is 5.78 Å². The van der Waals surface area contributed by atoms with Crippen LogP contribution in [0.5, 0.6) is 5.75 Å². The minimum absolute atomic E-state index is 0.0127. The molecule has 0 bridgehead atoms. The summed E-state index contributed by atoms with van der Waals surface area (Å²) in [6.45, 7) is 9.88. The lowest BCUT2D eigenvalue weighted by molar-refractivity contribution is -0.145. The molecular formula is C24H29NO5. The fraction of sp³-hybridized carbons (Fsp3) is 0.375. The number of esters is 1. The van der Waals surface area contributed by atoms with Crippen LogP contribution in [0.25, 0.3) is 0 Å². The van der Waals surface area contributed by atoms with E-state index >= 15 is 0 Å². The van der Waals surface area contributed by atoms with Crippen LogP contribution in [-0.4, -0.2) is 36.9 Å². The van der Waals surface area contributed by atoms with Crippen molar-refractivity contribution in [3.8, 4) is 5.75 Å². The summed E-state index contributed by atoms with van der Waals surface area (Å²) in [5, 5.41) is 2.49. The zero-order valence-electron chi connectivity index (χ0n) is 18.2. The molecular weight excluding hydrogens is 382 g/mol. The molecule has 0 saturated carbocycles. The van der Waals surface area contributed by atoms with Crippen LogP contribution in [0.2, 0.25) is 0 Å². The van der Waals surface area contributed by atoms with Gasteiger partial charge in [0.1, 0.15) is 12.3 Å². The highest BCUT2D eigenvalue weighted by Gasteiger charge is 2.21. The van der Waals surface area contributed by atoms with Gasteiger partial charge in [-0.3, -0.25) is 14.4 Å². The molecule has 0 aromatic heterocycles. The van der Waals surface area contributed by atoms with Gasteiger partial charge in [-0.25, -0.2) is 0 Å². The molecule has 0 heterocycles. The molecule has 0 unspecified atom stereocenters. The Morgan fingerprint density at radius 1 is 0.933 bits per heavy atom. The number of benzene rings is 2. The molecule has 2 rings (SSSR count). The second-order valence-corrected chi connectivity index (χ2v) is 7.96. The fourth-order valence-electron chi connectivity index (χ4n) is 2.79. The third kappa shape index (κ3) is 6.44. The number of amides is 1. The van der Waals surface area contributed by atoms with E-state index in [4.69, 9.17) is 9.47 Å². The van der Waals surface area contributed by atoms with Gasteiger partial charge in [0.05, 0.1) is 6.61 Å². The summed E-state index contributed by atoms with van der Waals surface area (Å²) in [5.74, 6) is -0.717. The van der Waals surface area contributed by atoms with Crippen molar-refractivity contribution in [1.29, 1.82) is 0 Å². The number of hydrogen-bond donors (Lipinski definition) is 1. The summed E-state index contributed by atoms with van der Waals surface area (Å²) >= 11 is 0. The summed E-state index contributed by atoms with van der Waals surface area (Å²) in [6.07, 6.45) is -0.944. The molecule has 0 aliphatic heterocycles. The molecule has 0 spiro atoms. The molecule has 0 saturated heterocycles. The molecule has 0 aliphatic rings. The van der Waals surface area contributed by atoms with Gasteiger partial charge in [0.25, 0.3) is 5.91 Å². The van der Waals surface area contributed by atoms with Crippen LogP contribution in [0, 0.1) is 0 Å². The van der Waals surface area contributed by atoms with E-state index in [1.165, 1.54) is 6.92 Å². The van der Waals surface area contributed by atoms with Crippen molar-refractivity contribution in [3.05, 3.63) is 65.2 Å². The number of carbonyl (C=O) groups excluding carboxylic acids is 3. The normalized spacial score (nSPS) is 12.0. The van der Waals surface area contributed by atoms with Crippen LogP contribution in [0.4, 0.5) is 0 Å². The van der Waals surface area contributed by atoms with Crippen molar-refractivity contribution in [2.75, 3.05) is 13.2 Å². The van der Waals surface area contributed by atoms with Crippen LogP contribution < -0.4 is 10.1 Å². The van der Waals surface area contributed by atoms with E-state index < -0.39 is 18.0 Å². The minimum atomic E-state index is -0.944. The van der Waals surface area contributed by atoms with Crippen LogP contribution in [-0.2, 0) is 14.9 Å². The summed E-state index contributed by atoms with van der Waals surface area (Å²) < 4.78 is 10.5.